The van der Waals surface area contributed by atoms with Crippen LogP contribution in [0.4, 0.5) is 0 Å². The van der Waals surface area contributed by atoms with Crippen molar-refractivity contribution < 1.29 is 23.1 Å². The van der Waals surface area contributed by atoms with Crippen LogP contribution in [-0.4, -0.2) is 26.0 Å². The lowest BCUT2D eigenvalue weighted by molar-refractivity contribution is 0.0359. The van der Waals surface area contributed by atoms with Gasteiger partial charge in [0.05, 0.1) is 5.56 Å². The fourth-order valence-corrected chi connectivity index (χ4v) is 4.34. The van der Waals surface area contributed by atoms with E-state index in [1.807, 2.05) is 6.07 Å². The molecule has 1 aliphatic carbocycles. The van der Waals surface area contributed by atoms with E-state index in [0.29, 0.717) is 17.9 Å². The van der Waals surface area contributed by atoms with Gasteiger partial charge in [0.2, 0.25) is 5.85 Å². The summed E-state index contributed by atoms with van der Waals surface area (Å²) in [7, 11) is -0.820. The van der Waals surface area contributed by atoms with Gasteiger partial charge in [-0.2, -0.15) is 0 Å². The van der Waals surface area contributed by atoms with Crippen molar-refractivity contribution in [1.29, 1.82) is 0 Å². The predicted molar refractivity (Wildman–Crippen MR) is 88.5 cm³/mol. The Balaban J connectivity index is 2.06. The van der Waals surface area contributed by atoms with Crippen molar-refractivity contribution in [2.45, 2.75) is 44.4 Å². The third kappa shape index (κ3) is 4.90. The van der Waals surface area contributed by atoms with Crippen LogP contribution in [0.25, 0.3) is 0 Å². The summed E-state index contributed by atoms with van der Waals surface area (Å²) in [4.78, 5) is 12.3. The number of ether oxygens (including phenoxy) is 1. The Morgan fingerprint density at radius 3 is 2.35 bits per heavy atom. The Morgan fingerprint density at radius 2 is 1.78 bits per heavy atom. The summed E-state index contributed by atoms with van der Waals surface area (Å²) in [6.07, 6.45) is 6.20. The van der Waals surface area contributed by atoms with E-state index in [0.717, 1.165) is 6.42 Å². The minimum absolute atomic E-state index is 0.428. The molecule has 6 heteroatoms. The predicted octanol–water partition coefficient (Wildman–Crippen LogP) is 4.63. The molecule has 1 aromatic carbocycles. The highest BCUT2D eigenvalue weighted by atomic mass is 31.2. The van der Waals surface area contributed by atoms with E-state index in [1.165, 1.54) is 39.9 Å². The number of esters is 1. The van der Waals surface area contributed by atoms with Gasteiger partial charge in [-0.05, 0) is 30.9 Å². The lowest BCUT2D eigenvalue weighted by Gasteiger charge is -2.25. The van der Waals surface area contributed by atoms with E-state index in [9.17, 15) is 9.36 Å². The molecule has 128 valence electrons. The Morgan fingerprint density at radius 1 is 1.17 bits per heavy atom. The van der Waals surface area contributed by atoms with Crippen molar-refractivity contribution in [2.75, 3.05) is 14.2 Å². The SMILES string of the molecule is COP(=O)(OC)[C@@H](CCC1CCCC1)OC(=O)c1ccccc1. The van der Waals surface area contributed by atoms with Crippen LogP contribution in [0.2, 0.25) is 0 Å². The summed E-state index contributed by atoms with van der Waals surface area (Å²) in [5.74, 6) is -0.766. The third-order valence-corrected chi connectivity index (χ3v) is 6.50. The molecule has 1 fully saturated rings. The van der Waals surface area contributed by atoms with Gasteiger partial charge in [-0.15, -0.1) is 0 Å². The number of rotatable bonds is 8. The van der Waals surface area contributed by atoms with Crippen LogP contribution in [0.1, 0.15) is 48.9 Å². The monoisotopic (exact) mass is 340 g/mol. The van der Waals surface area contributed by atoms with Gasteiger partial charge in [-0.25, -0.2) is 4.79 Å². The van der Waals surface area contributed by atoms with Crippen LogP contribution in [0, 0.1) is 5.92 Å². The molecule has 1 saturated carbocycles. The molecule has 1 aliphatic rings. The van der Waals surface area contributed by atoms with E-state index in [1.54, 1.807) is 24.3 Å². The Bertz CT molecular complexity index is 531. The summed E-state index contributed by atoms with van der Waals surface area (Å²) in [5, 5.41) is 0. The zero-order chi connectivity index (χ0) is 16.7. The molecular formula is C17H25O5P. The normalized spacial score (nSPS) is 17.1. The molecule has 0 saturated heterocycles. The molecule has 0 radical (unpaired) electrons. The first-order chi connectivity index (χ1) is 11.1. The molecule has 0 amide bonds. The minimum atomic E-state index is -3.47. The van der Waals surface area contributed by atoms with Gasteiger partial charge in [-0.3, -0.25) is 4.57 Å². The maximum absolute atomic E-state index is 12.7. The number of hydrogen-bond acceptors (Lipinski definition) is 5. The Hall–Kier alpha value is -1.16. The van der Waals surface area contributed by atoms with E-state index in [2.05, 4.69) is 0 Å². The lowest BCUT2D eigenvalue weighted by Crippen LogP contribution is -2.21. The second kappa shape index (κ2) is 8.62. The van der Waals surface area contributed by atoms with Gasteiger partial charge in [0, 0.05) is 14.2 Å². The molecule has 0 bridgehead atoms. The fourth-order valence-electron chi connectivity index (χ4n) is 3.03. The topological polar surface area (TPSA) is 61.8 Å². The van der Waals surface area contributed by atoms with Crippen LogP contribution in [0.3, 0.4) is 0 Å². The van der Waals surface area contributed by atoms with Crippen LogP contribution in [0.15, 0.2) is 30.3 Å². The molecule has 0 N–H and O–H groups in total. The molecule has 1 aromatic rings. The maximum Gasteiger partial charge on any atom is 0.370 e. The lowest BCUT2D eigenvalue weighted by atomic mass is 10.0. The highest BCUT2D eigenvalue weighted by Crippen LogP contribution is 2.54. The van der Waals surface area contributed by atoms with E-state index in [-0.39, 0.29) is 0 Å². The van der Waals surface area contributed by atoms with Crippen molar-refractivity contribution in [2.24, 2.45) is 5.92 Å². The number of benzene rings is 1. The summed E-state index contributed by atoms with van der Waals surface area (Å²) in [6.45, 7) is 0. The molecule has 1 atom stereocenters. The molecule has 0 heterocycles. The van der Waals surface area contributed by atoms with E-state index in [4.69, 9.17) is 13.8 Å². The highest BCUT2D eigenvalue weighted by molar-refractivity contribution is 7.54. The van der Waals surface area contributed by atoms with E-state index >= 15 is 0 Å². The van der Waals surface area contributed by atoms with Crippen molar-refractivity contribution in [3.05, 3.63) is 35.9 Å². The van der Waals surface area contributed by atoms with Gasteiger partial charge >= 0.3 is 13.6 Å². The summed E-state index contributed by atoms with van der Waals surface area (Å²) in [5.41, 5.74) is 0.428. The first kappa shape index (κ1) is 18.2. The average Bonchev–Trinajstić information content (AvgIpc) is 3.12. The minimum Gasteiger partial charge on any atom is -0.446 e. The molecule has 0 spiro atoms. The van der Waals surface area contributed by atoms with Crippen molar-refractivity contribution in [1.82, 2.24) is 0 Å². The van der Waals surface area contributed by atoms with Crippen molar-refractivity contribution >= 4 is 13.6 Å². The van der Waals surface area contributed by atoms with Crippen molar-refractivity contribution in [3.8, 4) is 0 Å². The molecule has 0 aromatic heterocycles. The summed E-state index contributed by atoms with van der Waals surface area (Å²) < 4.78 is 28.3. The maximum atomic E-state index is 12.7. The van der Waals surface area contributed by atoms with Gasteiger partial charge < -0.3 is 13.8 Å². The molecule has 5 nitrogen and oxygen atoms in total. The third-order valence-electron chi connectivity index (χ3n) is 4.41. The second-order valence-corrected chi connectivity index (χ2v) is 8.24. The quantitative estimate of drug-likeness (QED) is 0.510. The standard InChI is InChI=1S/C17H25O5P/c1-20-23(19,21-2)16(13-12-14-8-6-7-9-14)22-17(18)15-10-4-3-5-11-15/h3-5,10-11,14,16H,6-9,12-13H2,1-2H3/t16-/m0/s1. The summed E-state index contributed by atoms with van der Waals surface area (Å²) >= 11 is 0. The van der Waals surface area contributed by atoms with Crippen molar-refractivity contribution in [3.63, 3.8) is 0 Å². The Labute approximate surface area is 137 Å². The molecule has 0 unspecified atom stereocenters. The molecule has 0 aliphatic heterocycles. The molecule has 23 heavy (non-hydrogen) atoms. The Kier molecular flexibility index (Phi) is 6.82. The zero-order valence-electron chi connectivity index (χ0n) is 13.8. The van der Waals surface area contributed by atoms with Gasteiger partial charge in [0.25, 0.3) is 0 Å². The largest absolute Gasteiger partial charge is 0.446 e. The van der Waals surface area contributed by atoms with Gasteiger partial charge in [-0.1, -0.05) is 43.9 Å². The van der Waals surface area contributed by atoms with Crippen LogP contribution in [0.5, 0.6) is 0 Å². The smallest absolute Gasteiger partial charge is 0.370 e. The fraction of sp³-hybridized carbons (Fsp3) is 0.588. The number of carbonyl (C=O) groups excluding carboxylic acids is 1. The second-order valence-electron chi connectivity index (χ2n) is 5.86. The van der Waals surface area contributed by atoms with Crippen LogP contribution >= 0.6 is 7.60 Å². The number of hydrogen-bond donors (Lipinski definition) is 0. The van der Waals surface area contributed by atoms with Crippen LogP contribution in [-0.2, 0) is 18.3 Å². The zero-order valence-corrected chi connectivity index (χ0v) is 14.7. The van der Waals surface area contributed by atoms with Crippen LogP contribution < -0.4 is 0 Å². The first-order valence-corrected chi connectivity index (χ1v) is 9.67. The van der Waals surface area contributed by atoms with E-state index < -0.39 is 19.4 Å². The van der Waals surface area contributed by atoms with Gasteiger partial charge in [0.15, 0.2) is 0 Å². The average molecular weight is 340 g/mol. The molecule has 2 rings (SSSR count). The van der Waals surface area contributed by atoms with Gasteiger partial charge in [0.1, 0.15) is 0 Å². The first-order valence-electron chi connectivity index (χ1n) is 8.06. The number of carbonyl (C=O) groups is 1. The molecular weight excluding hydrogens is 315 g/mol. The summed E-state index contributed by atoms with van der Waals surface area (Å²) in [6, 6.07) is 8.68. The highest BCUT2D eigenvalue weighted by Gasteiger charge is 2.38.